The van der Waals surface area contributed by atoms with Crippen LogP contribution in [0.25, 0.3) is 0 Å². The first kappa shape index (κ1) is 20.7. The first-order chi connectivity index (χ1) is 14.2. The number of ether oxygens (including phenoxy) is 1. The van der Waals surface area contributed by atoms with Gasteiger partial charge in [-0.15, -0.1) is 0 Å². The third-order valence-electron chi connectivity index (χ3n) is 6.58. The molecule has 3 heterocycles. The van der Waals surface area contributed by atoms with Crippen LogP contribution in [0.15, 0.2) is 30.3 Å². The number of urea groups is 1. The first-order valence-corrected chi connectivity index (χ1v) is 11.8. The van der Waals surface area contributed by atoms with Gasteiger partial charge in [-0.25, -0.2) is 4.79 Å². The Labute approximate surface area is 177 Å². The van der Waals surface area contributed by atoms with Crippen molar-refractivity contribution in [2.24, 2.45) is 0 Å². The molecule has 3 aliphatic rings. The predicted octanol–water partition coefficient (Wildman–Crippen LogP) is 2.83. The van der Waals surface area contributed by atoms with Gasteiger partial charge in [0.1, 0.15) is 5.54 Å². The molecule has 0 unspecified atom stereocenters. The zero-order valence-electron chi connectivity index (χ0n) is 17.2. The number of likely N-dealkylation sites (tertiary alicyclic amines) is 1. The fourth-order valence-electron chi connectivity index (χ4n) is 4.92. The minimum Gasteiger partial charge on any atom is -0.385 e. The van der Waals surface area contributed by atoms with Crippen LogP contribution >= 0.6 is 11.8 Å². The standard InChI is InChI=1S/C22H31N3O3S/c1-28-14-5-11-25-21(27)24(16-18-6-3-2-4-7-18)20(26)22(25)9-12-23(13-10-22)19-8-15-29-17-19/h2-4,6-7,19H,5,8-17H2,1H3/t19-/m0/s1. The van der Waals surface area contributed by atoms with Crippen LogP contribution in [-0.2, 0) is 16.1 Å². The number of carbonyl (C=O) groups is 2. The molecule has 158 valence electrons. The monoisotopic (exact) mass is 417 g/mol. The van der Waals surface area contributed by atoms with Gasteiger partial charge in [-0.1, -0.05) is 30.3 Å². The molecular formula is C22H31N3O3S. The second-order valence-corrected chi connectivity index (χ2v) is 9.39. The Morgan fingerprint density at radius 3 is 2.59 bits per heavy atom. The van der Waals surface area contributed by atoms with Gasteiger partial charge < -0.3 is 9.64 Å². The van der Waals surface area contributed by atoms with Gasteiger partial charge in [0, 0.05) is 45.1 Å². The number of rotatable bonds is 7. The van der Waals surface area contributed by atoms with Crippen LogP contribution in [0.4, 0.5) is 4.79 Å². The van der Waals surface area contributed by atoms with Gasteiger partial charge in [0.2, 0.25) is 0 Å². The fourth-order valence-corrected chi connectivity index (χ4v) is 6.17. The SMILES string of the molecule is COCCCN1C(=O)N(Cc2ccccc2)C(=O)C12CCN([C@H]1CCSC1)CC2. The molecule has 0 aromatic heterocycles. The van der Waals surface area contributed by atoms with Crippen molar-refractivity contribution in [2.45, 2.75) is 43.8 Å². The van der Waals surface area contributed by atoms with E-state index < -0.39 is 5.54 Å². The Balaban J connectivity index is 1.52. The van der Waals surface area contributed by atoms with E-state index in [0.717, 1.165) is 37.9 Å². The van der Waals surface area contributed by atoms with E-state index in [4.69, 9.17) is 4.74 Å². The maximum atomic E-state index is 13.6. The van der Waals surface area contributed by atoms with Crippen molar-refractivity contribution in [3.05, 3.63) is 35.9 Å². The summed E-state index contributed by atoms with van der Waals surface area (Å²) < 4.78 is 5.20. The minimum atomic E-state index is -0.679. The number of benzene rings is 1. The van der Waals surface area contributed by atoms with Crippen LogP contribution < -0.4 is 0 Å². The van der Waals surface area contributed by atoms with Crippen molar-refractivity contribution in [2.75, 3.05) is 44.9 Å². The molecule has 7 heteroatoms. The number of methoxy groups -OCH3 is 1. The summed E-state index contributed by atoms with van der Waals surface area (Å²) in [7, 11) is 1.67. The summed E-state index contributed by atoms with van der Waals surface area (Å²) in [6.45, 7) is 3.31. The fraction of sp³-hybridized carbons (Fsp3) is 0.636. The third-order valence-corrected chi connectivity index (χ3v) is 7.73. The molecule has 3 aliphatic heterocycles. The van der Waals surface area contributed by atoms with Crippen molar-refractivity contribution >= 4 is 23.7 Å². The van der Waals surface area contributed by atoms with Gasteiger partial charge >= 0.3 is 6.03 Å². The second-order valence-electron chi connectivity index (χ2n) is 8.24. The predicted molar refractivity (Wildman–Crippen MR) is 115 cm³/mol. The molecule has 0 aliphatic carbocycles. The lowest BCUT2D eigenvalue weighted by Crippen LogP contribution is -2.58. The van der Waals surface area contributed by atoms with E-state index in [9.17, 15) is 9.59 Å². The van der Waals surface area contributed by atoms with Crippen molar-refractivity contribution in [3.63, 3.8) is 0 Å². The summed E-state index contributed by atoms with van der Waals surface area (Å²) in [5, 5.41) is 0. The zero-order valence-corrected chi connectivity index (χ0v) is 18.0. The topological polar surface area (TPSA) is 53.1 Å². The molecule has 1 atom stereocenters. The van der Waals surface area contributed by atoms with E-state index >= 15 is 0 Å². The average Bonchev–Trinajstić information content (AvgIpc) is 3.35. The van der Waals surface area contributed by atoms with Crippen molar-refractivity contribution in [1.82, 2.24) is 14.7 Å². The van der Waals surface area contributed by atoms with Crippen LogP contribution in [0.3, 0.4) is 0 Å². The Morgan fingerprint density at radius 2 is 1.93 bits per heavy atom. The number of piperidine rings is 1. The molecule has 1 aromatic rings. The van der Waals surface area contributed by atoms with E-state index in [-0.39, 0.29) is 11.9 Å². The van der Waals surface area contributed by atoms with Gasteiger partial charge in [-0.3, -0.25) is 14.6 Å². The van der Waals surface area contributed by atoms with Gasteiger partial charge in [0.05, 0.1) is 6.54 Å². The lowest BCUT2D eigenvalue weighted by molar-refractivity contribution is -0.136. The number of hydrogen-bond acceptors (Lipinski definition) is 5. The Hall–Kier alpha value is -1.57. The van der Waals surface area contributed by atoms with E-state index in [1.807, 2.05) is 47.0 Å². The highest BCUT2D eigenvalue weighted by Crippen LogP contribution is 2.39. The number of hydrogen-bond donors (Lipinski definition) is 0. The summed E-state index contributed by atoms with van der Waals surface area (Å²) in [6, 6.07) is 10.3. The van der Waals surface area contributed by atoms with Crippen LogP contribution in [0, 0.1) is 0 Å². The van der Waals surface area contributed by atoms with Crippen LogP contribution in [0.1, 0.15) is 31.2 Å². The maximum absolute atomic E-state index is 13.6. The average molecular weight is 418 g/mol. The first-order valence-electron chi connectivity index (χ1n) is 10.6. The molecule has 0 radical (unpaired) electrons. The van der Waals surface area contributed by atoms with Crippen molar-refractivity contribution < 1.29 is 14.3 Å². The third kappa shape index (κ3) is 4.05. The van der Waals surface area contributed by atoms with E-state index in [1.165, 1.54) is 22.8 Å². The molecule has 3 amide bonds. The van der Waals surface area contributed by atoms with Crippen LogP contribution in [0.2, 0.25) is 0 Å². The normalized spacial score (nSPS) is 24.8. The Kier molecular flexibility index (Phi) is 6.47. The largest absolute Gasteiger partial charge is 0.385 e. The molecule has 0 N–H and O–H groups in total. The summed E-state index contributed by atoms with van der Waals surface area (Å²) in [6.07, 6.45) is 3.45. The van der Waals surface area contributed by atoms with E-state index in [0.29, 0.717) is 25.7 Å². The van der Waals surface area contributed by atoms with Gasteiger partial charge in [0.25, 0.3) is 5.91 Å². The van der Waals surface area contributed by atoms with Gasteiger partial charge in [-0.2, -0.15) is 11.8 Å². The number of amides is 3. The molecule has 6 nitrogen and oxygen atoms in total. The smallest absolute Gasteiger partial charge is 0.327 e. The summed E-state index contributed by atoms with van der Waals surface area (Å²) >= 11 is 2.02. The van der Waals surface area contributed by atoms with Crippen molar-refractivity contribution in [1.29, 1.82) is 0 Å². The lowest BCUT2D eigenvalue weighted by atomic mass is 9.85. The number of imide groups is 1. The molecule has 0 saturated carbocycles. The van der Waals surface area contributed by atoms with Crippen molar-refractivity contribution in [3.8, 4) is 0 Å². The minimum absolute atomic E-state index is 0.00998. The highest BCUT2D eigenvalue weighted by molar-refractivity contribution is 7.99. The highest BCUT2D eigenvalue weighted by atomic mass is 32.2. The Morgan fingerprint density at radius 1 is 1.17 bits per heavy atom. The summed E-state index contributed by atoms with van der Waals surface area (Å²) in [5.41, 5.74) is 0.311. The molecule has 3 saturated heterocycles. The number of carbonyl (C=O) groups excluding carboxylic acids is 2. The number of nitrogens with zero attached hydrogens (tertiary/aromatic N) is 3. The molecule has 4 rings (SSSR count). The van der Waals surface area contributed by atoms with E-state index in [2.05, 4.69) is 4.90 Å². The molecule has 29 heavy (non-hydrogen) atoms. The van der Waals surface area contributed by atoms with Crippen LogP contribution in [0.5, 0.6) is 0 Å². The quantitative estimate of drug-likeness (QED) is 0.504. The van der Waals surface area contributed by atoms with E-state index in [1.54, 1.807) is 7.11 Å². The number of thioether (sulfide) groups is 1. The van der Waals surface area contributed by atoms with Gasteiger partial charge in [0.15, 0.2) is 0 Å². The highest BCUT2D eigenvalue weighted by Gasteiger charge is 2.57. The lowest BCUT2D eigenvalue weighted by Gasteiger charge is -2.44. The van der Waals surface area contributed by atoms with Crippen LogP contribution in [-0.4, -0.2) is 83.1 Å². The molecule has 0 bridgehead atoms. The molecular weight excluding hydrogens is 386 g/mol. The maximum Gasteiger partial charge on any atom is 0.327 e. The second kappa shape index (κ2) is 9.06. The molecule has 1 aromatic carbocycles. The summed E-state index contributed by atoms with van der Waals surface area (Å²) in [4.78, 5) is 32.7. The zero-order chi connectivity index (χ0) is 20.3. The Bertz CT molecular complexity index is 715. The summed E-state index contributed by atoms with van der Waals surface area (Å²) in [5.74, 6) is 2.42. The van der Waals surface area contributed by atoms with Gasteiger partial charge in [-0.05, 0) is 37.0 Å². The molecule has 3 fully saturated rings. The molecule has 1 spiro atoms.